The van der Waals surface area contributed by atoms with E-state index in [4.69, 9.17) is 5.73 Å². The molecule has 1 fully saturated rings. The van der Waals surface area contributed by atoms with Gasteiger partial charge < -0.3 is 10.6 Å². The van der Waals surface area contributed by atoms with Crippen LogP contribution in [0.25, 0.3) is 0 Å². The van der Waals surface area contributed by atoms with Gasteiger partial charge in [0.15, 0.2) is 0 Å². The Labute approximate surface area is 91.8 Å². The summed E-state index contributed by atoms with van der Waals surface area (Å²) in [6, 6.07) is 4.91. The molecule has 1 amide bonds. The van der Waals surface area contributed by atoms with E-state index in [2.05, 4.69) is 0 Å². The fraction of sp³-hybridized carbons (Fsp3) is 0.364. The first-order chi connectivity index (χ1) is 7.39. The molecule has 2 rings (SSSR count). The maximum Gasteiger partial charge on any atom is 0.282 e. The topological polar surface area (TPSA) is 46.3 Å². The molecular weight excluding hydrogens is 214 g/mol. The number of benzene rings is 1. The fourth-order valence-corrected chi connectivity index (χ4v) is 1.70. The first-order valence-corrected chi connectivity index (χ1v) is 4.92. The van der Waals surface area contributed by atoms with Crippen LogP contribution < -0.4 is 5.73 Å². The summed E-state index contributed by atoms with van der Waals surface area (Å²) in [5.74, 6) is -3.11. The number of carbonyl (C=O) groups is 1. The number of likely N-dealkylation sites (tertiary alicyclic amines) is 1. The number of alkyl halides is 2. The fourth-order valence-electron chi connectivity index (χ4n) is 1.70. The Morgan fingerprint density at radius 3 is 2.62 bits per heavy atom. The third-order valence-electron chi connectivity index (χ3n) is 2.62. The van der Waals surface area contributed by atoms with Gasteiger partial charge in [-0.25, -0.2) is 8.78 Å². The summed E-state index contributed by atoms with van der Waals surface area (Å²) < 4.78 is 25.3. The van der Waals surface area contributed by atoms with Crippen molar-refractivity contribution >= 4 is 11.6 Å². The maximum atomic E-state index is 12.6. The normalized spacial score (nSPS) is 18.1. The maximum absolute atomic E-state index is 12.6. The molecular formula is C11H12F2N2O. The number of nitrogens with zero attached hydrogens (tertiary/aromatic N) is 1. The van der Waals surface area contributed by atoms with Crippen LogP contribution in [0.1, 0.15) is 15.9 Å². The minimum absolute atomic E-state index is 0.379. The monoisotopic (exact) mass is 226 g/mol. The van der Waals surface area contributed by atoms with Gasteiger partial charge in [0.2, 0.25) is 0 Å². The highest BCUT2D eigenvalue weighted by atomic mass is 19.3. The highest BCUT2D eigenvalue weighted by Crippen LogP contribution is 2.28. The standard InChI is InChI=1S/C11H12F2N2O/c1-7-2-3-8(14)4-9(7)10(16)15-5-11(12,13)6-15/h2-4H,5-6,14H2,1H3. The van der Waals surface area contributed by atoms with Crippen molar-refractivity contribution in [2.24, 2.45) is 0 Å². The van der Waals surface area contributed by atoms with Crippen LogP contribution in [0.2, 0.25) is 0 Å². The number of anilines is 1. The van der Waals surface area contributed by atoms with E-state index in [9.17, 15) is 13.6 Å². The van der Waals surface area contributed by atoms with Crippen LogP contribution >= 0.6 is 0 Å². The summed E-state index contributed by atoms with van der Waals surface area (Å²) in [7, 11) is 0. The van der Waals surface area contributed by atoms with Crippen molar-refractivity contribution in [2.75, 3.05) is 18.8 Å². The van der Waals surface area contributed by atoms with Crippen LogP contribution in [0.5, 0.6) is 0 Å². The van der Waals surface area contributed by atoms with Gasteiger partial charge in [0, 0.05) is 11.3 Å². The number of hydrogen-bond donors (Lipinski definition) is 1. The summed E-state index contributed by atoms with van der Waals surface area (Å²) in [5, 5.41) is 0. The molecule has 1 heterocycles. The number of hydrogen-bond acceptors (Lipinski definition) is 2. The molecule has 16 heavy (non-hydrogen) atoms. The molecule has 0 unspecified atom stereocenters. The van der Waals surface area contributed by atoms with Gasteiger partial charge in [-0.3, -0.25) is 4.79 Å². The first kappa shape index (κ1) is 10.9. The second-order valence-electron chi connectivity index (χ2n) is 4.09. The van der Waals surface area contributed by atoms with E-state index in [1.807, 2.05) is 0 Å². The minimum atomic E-state index is -2.73. The van der Waals surface area contributed by atoms with Gasteiger partial charge in [0.05, 0.1) is 13.1 Å². The summed E-state index contributed by atoms with van der Waals surface area (Å²) in [4.78, 5) is 13.0. The SMILES string of the molecule is Cc1ccc(N)cc1C(=O)N1CC(F)(F)C1. The molecule has 5 heteroatoms. The van der Waals surface area contributed by atoms with Gasteiger partial charge in [-0.1, -0.05) is 6.07 Å². The third-order valence-corrected chi connectivity index (χ3v) is 2.62. The van der Waals surface area contributed by atoms with E-state index in [1.165, 1.54) is 6.07 Å². The molecule has 0 radical (unpaired) electrons. The van der Waals surface area contributed by atoms with E-state index < -0.39 is 19.0 Å². The molecule has 0 atom stereocenters. The van der Waals surface area contributed by atoms with Crippen molar-refractivity contribution in [3.63, 3.8) is 0 Å². The third kappa shape index (κ3) is 1.85. The van der Waals surface area contributed by atoms with Gasteiger partial charge in [-0.05, 0) is 24.6 Å². The summed E-state index contributed by atoms with van der Waals surface area (Å²) in [6.45, 7) is 0.755. The van der Waals surface area contributed by atoms with E-state index in [-0.39, 0.29) is 5.91 Å². The number of nitrogen functional groups attached to an aromatic ring is 1. The van der Waals surface area contributed by atoms with Gasteiger partial charge in [-0.2, -0.15) is 0 Å². The molecule has 86 valence electrons. The predicted octanol–water partition coefficient (Wildman–Crippen LogP) is 1.67. The number of halogens is 2. The van der Waals surface area contributed by atoms with Crippen molar-refractivity contribution < 1.29 is 13.6 Å². The molecule has 2 N–H and O–H groups in total. The number of nitrogens with two attached hydrogens (primary N) is 1. The lowest BCUT2D eigenvalue weighted by Crippen LogP contribution is -2.58. The van der Waals surface area contributed by atoms with Crippen molar-refractivity contribution in [3.8, 4) is 0 Å². The van der Waals surface area contributed by atoms with Crippen LogP contribution in [0, 0.1) is 6.92 Å². The number of carbonyl (C=O) groups excluding carboxylic acids is 1. The van der Waals surface area contributed by atoms with Crippen LogP contribution in [-0.2, 0) is 0 Å². The van der Waals surface area contributed by atoms with Gasteiger partial charge >= 0.3 is 0 Å². The molecule has 1 aliphatic rings. The molecule has 3 nitrogen and oxygen atoms in total. The lowest BCUT2D eigenvalue weighted by atomic mass is 10.0. The molecule has 1 saturated heterocycles. The Morgan fingerprint density at radius 1 is 1.44 bits per heavy atom. The second kappa shape index (κ2) is 3.43. The van der Waals surface area contributed by atoms with E-state index in [0.29, 0.717) is 11.3 Å². The van der Waals surface area contributed by atoms with Crippen molar-refractivity contribution in [1.82, 2.24) is 4.90 Å². The lowest BCUT2D eigenvalue weighted by Gasteiger charge is -2.38. The highest BCUT2D eigenvalue weighted by Gasteiger charge is 2.46. The van der Waals surface area contributed by atoms with Crippen molar-refractivity contribution in [1.29, 1.82) is 0 Å². The van der Waals surface area contributed by atoms with Crippen LogP contribution in [-0.4, -0.2) is 29.8 Å². The summed E-state index contributed by atoms with van der Waals surface area (Å²) in [5.41, 5.74) is 7.16. The van der Waals surface area contributed by atoms with E-state index in [1.54, 1.807) is 19.1 Å². The highest BCUT2D eigenvalue weighted by molar-refractivity contribution is 5.97. The number of aryl methyl sites for hydroxylation is 1. The Hall–Kier alpha value is -1.65. The Bertz CT molecular complexity index is 438. The van der Waals surface area contributed by atoms with Crippen molar-refractivity contribution in [3.05, 3.63) is 29.3 Å². The molecule has 0 bridgehead atoms. The average molecular weight is 226 g/mol. The Morgan fingerprint density at radius 2 is 2.06 bits per heavy atom. The Balaban J connectivity index is 2.19. The quantitative estimate of drug-likeness (QED) is 0.740. The largest absolute Gasteiger partial charge is 0.399 e. The molecule has 1 aromatic rings. The van der Waals surface area contributed by atoms with Gasteiger partial charge in [0.25, 0.3) is 11.8 Å². The molecule has 1 aromatic carbocycles. The summed E-state index contributed by atoms with van der Waals surface area (Å²) in [6.07, 6.45) is 0. The summed E-state index contributed by atoms with van der Waals surface area (Å²) >= 11 is 0. The van der Waals surface area contributed by atoms with Crippen LogP contribution in [0.3, 0.4) is 0 Å². The minimum Gasteiger partial charge on any atom is -0.399 e. The van der Waals surface area contributed by atoms with E-state index >= 15 is 0 Å². The smallest absolute Gasteiger partial charge is 0.282 e. The molecule has 1 aliphatic heterocycles. The lowest BCUT2D eigenvalue weighted by molar-refractivity contribution is -0.113. The zero-order valence-corrected chi connectivity index (χ0v) is 8.84. The van der Waals surface area contributed by atoms with Gasteiger partial charge in [0.1, 0.15) is 0 Å². The number of rotatable bonds is 1. The number of amides is 1. The van der Waals surface area contributed by atoms with Crippen LogP contribution in [0.4, 0.5) is 14.5 Å². The van der Waals surface area contributed by atoms with E-state index in [0.717, 1.165) is 10.5 Å². The first-order valence-electron chi connectivity index (χ1n) is 4.92. The Kier molecular flexibility index (Phi) is 2.33. The van der Waals surface area contributed by atoms with Crippen LogP contribution in [0.15, 0.2) is 18.2 Å². The molecule has 0 saturated carbocycles. The molecule has 0 aliphatic carbocycles. The molecule has 0 spiro atoms. The zero-order chi connectivity index (χ0) is 11.9. The second-order valence-corrected chi connectivity index (χ2v) is 4.09. The van der Waals surface area contributed by atoms with Gasteiger partial charge in [-0.15, -0.1) is 0 Å². The van der Waals surface area contributed by atoms with Crippen molar-refractivity contribution in [2.45, 2.75) is 12.8 Å². The zero-order valence-electron chi connectivity index (χ0n) is 8.84. The predicted molar refractivity (Wildman–Crippen MR) is 56.4 cm³/mol. The molecule has 0 aromatic heterocycles. The average Bonchev–Trinajstić information content (AvgIpc) is 2.17.